The zero-order chi connectivity index (χ0) is 18.6. The van der Waals surface area contributed by atoms with Gasteiger partial charge in [0.05, 0.1) is 17.6 Å². The van der Waals surface area contributed by atoms with Gasteiger partial charge < -0.3 is 4.74 Å². The number of hydrogen-bond acceptors (Lipinski definition) is 6. The van der Waals surface area contributed by atoms with E-state index in [4.69, 9.17) is 14.8 Å². The van der Waals surface area contributed by atoms with E-state index >= 15 is 0 Å². The normalized spacial score (nSPS) is 49.2. The molecule has 4 atom stereocenters. The highest BCUT2D eigenvalue weighted by Gasteiger charge is 2.65. The van der Waals surface area contributed by atoms with Crippen molar-refractivity contribution in [2.24, 2.45) is 28.1 Å². The maximum absolute atomic E-state index is 12.7. The van der Waals surface area contributed by atoms with Crippen molar-refractivity contribution in [3.63, 3.8) is 0 Å². The highest BCUT2D eigenvalue weighted by atomic mass is 16.7. The van der Waals surface area contributed by atoms with Gasteiger partial charge in [0.1, 0.15) is 17.7 Å². The minimum absolute atomic E-state index is 0.00199. The summed E-state index contributed by atoms with van der Waals surface area (Å²) in [5.74, 6) is 2.59. The predicted octanol–water partition coefficient (Wildman–Crippen LogP) is 3.70. The van der Waals surface area contributed by atoms with Crippen molar-refractivity contribution in [1.29, 1.82) is 0 Å². The van der Waals surface area contributed by atoms with E-state index in [9.17, 15) is 4.79 Å². The van der Waals surface area contributed by atoms with Crippen molar-refractivity contribution >= 4 is 6.09 Å². The Kier molecular flexibility index (Phi) is 3.17. The molecular weight excluding hydrogens is 344 g/mol. The van der Waals surface area contributed by atoms with Gasteiger partial charge in [0, 0.05) is 6.42 Å². The van der Waals surface area contributed by atoms with Crippen molar-refractivity contribution in [3.05, 3.63) is 0 Å². The number of fused-ring (bicyclic) bond motifs is 5. The number of hydrogen-bond donors (Lipinski definition) is 0. The molecule has 0 aromatic carbocycles. The van der Waals surface area contributed by atoms with Crippen LogP contribution in [0, 0.1) is 17.8 Å². The Morgan fingerprint density at radius 1 is 1.07 bits per heavy atom. The maximum atomic E-state index is 12.7. The lowest BCUT2D eigenvalue weighted by Crippen LogP contribution is -2.64. The Morgan fingerprint density at radius 2 is 1.70 bits per heavy atom. The number of carbonyl (C=O) groups excluding carboxylic acids is 1. The quantitative estimate of drug-likeness (QED) is 0.702. The molecule has 2 aliphatic heterocycles. The summed E-state index contributed by atoms with van der Waals surface area (Å²) >= 11 is 0. The van der Waals surface area contributed by atoms with E-state index < -0.39 is 5.60 Å². The molecule has 7 nitrogen and oxygen atoms in total. The lowest BCUT2D eigenvalue weighted by atomic mass is 9.52. The maximum Gasteiger partial charge on any atom is 0.434 e. The second-order valence-corrected chi connectivity index (χ2v) is 10.9. The predicted molar refractivity (Wildman–Crippen MR) is 96.5 cm³/mol. The first kappa shape index (κ1) is 16.6. The van der Waals surface area contributed by atoms with Crippen molar-refractivity contribution in [1.82, 2.24) is 10.1 Å². The van der Waals surface area contributed by atoms with E-state index in [0.29, 0.717) is 0 Å². The Bertz CT molecular complexity index is 667. The number of nitrogens with zero attached hydrogens (tertiary/aromatic N) is 4. The molecule has 5 aliphatic carbocycles. The molecule has 0 spiro atoms. The van der Waals surface area contributed by atoms with E-state index in [1.54, 1.807) is 0 Å². The number of ether oxygens (including phenoxy) is 1. The molecule has 7 heteroatoms. The zero-order valence-corrected chi connectivity index (χ0v) is 16.5. The number of rotatable bonds is 1. The lowest BCUT2D eigenvalue weighted by Gasteiger charge is -2.60. The summed E-state index contributed by atoms with van der Waals surface area (Å²) in [6.07, 6.45) is 8.44. The van der Waals surface area contributed by atoms with Crippen LogP contribution in [0.5, 0.6) is 0 Å². The van der Waals surface area contributed by atoms with Crippen molar-refractivity contribution < 1.29 is 14.4 Å². The van der Waals surface area contributed by atoms with Crippen molar-refractivity contribution in [3.8, 4) is 0 Å². The molecule has 0 aromatic rings. The molecular formula is C20H30N4O3. The molecule has 148 valence electrons. The van der Waals surface area contributed by atoms with Gasteiger partial charge in [0.2, 0.25) is 0 Å². The first-order valence-electron chi connectivity index (χ1n) is 10.7. The molecule has 1 amide bonds. The van der Waals surface area contributed by atoms with Gasteiger partial charge in [-0.15, -0.1) is 0 Å². The number of carbonyl (C=O) groups is 1. The van der Waals surface area contributed by atoms with Gasteiger partial charge >= 0.3 is 6.09 Å². The standard InChI is InChI=1S/C20H30N4O3/c1-19(2,3)26-18(25)23-14-7-15(27-23)16-17(14)24(22-21-16)20-8-11-4-12(9-20)6-13(5-11)10-20/h11-17H,4-10H2,1-3H3/t11?,12?,13?,14-,15+,16-,17-,20?/m1/s1. The summed E-state index contributed by atoms with van der Waals surface area (Å²) < 4.78 is 5.59. The second-order valence-electron chi connectivity index (χ2n) is 10.9. The van der Waals surface area contributed by atoms with Crippen molar-refractivity contribution in [2.75, 3.05) is 0 Å². The van der Waals surface area contributed by atoms with Crippen LogP contribution >= 0.6 is 0 Å². The average molecular weight is 374 g/mol. The smallest absolute Gasteiger partial charge is 0.434 e. The Labute approximate surface area is 160 Å². The van der Waals surface area contributed by atoms with E-state index in [0.717, 1.165) is 24.2 Å². The first-order valence-corrected chi connectivity index (χ1v) is 10.7. The Balaban J connectivity index is 1.27. The first-order chi connectivity index (χ1) is 12.8. The van der Waals surface area contributed by atoms with E-state index in [-0.39, 0.29) is 35.9 Å². The Morgan fingerprint density at radius 3 is 2.30 bits per heavy atom. The lowest BCUT2D eigenvalue weighted by molar-refractivity contribution is -0.197. The highest BCUT2D eigenvalue weighted by Crippen LogP contribution is 2.60. The zero-order valence-electron chi connectivity index (χ0n) is 16.5. The summed E-state index contributed by atoms with van der Waals surface area (Å²) in [7, 11) is 0. The van der Waals surface area contributed by atoms with Crippen LogP contribution in [0.3, 0.4) is 0 Å². The van der Waals surface area contributed by atoms with Crippen LogP contribution in [0.15, 0.2) is 10.3 Å². The fourth-order valence-corrected chi connectivity index (χ4v) is 7.40. The monoisotopic (exact) mass is 374 g/mol. The van der Waals surface area contributed by atoms with Crippen LogP contribution in [-0.2, 0) is 9.57 Å². The van der Waals surface area contributed by atoms with Crippen LogP contribution in [0.1, 0.15) is 65.7 Å². The van der Waals surface area contributed by atoms with Gasteiger partial charge in [-0.2, -0.15) is 10.2 Å². The van der Waals surface area contributed by atoms with Gasteiger partial charge in [-0.1, -0.05) is 5.22 Å². The molecule has 5 saturated carbocycles. The van der Waals surface area contributed by atoms with Gasteiger partial charge in [-0.25, -0.2) is 4.79 Å². The molecule has 1 saturated heterocycles. The third kappa shape index (κ3) is 2.33. The third-order valence-corrected chi connectivity index (χ3v) is 7.78. The van der Waals surface area contributed by atoms with Crippen LogP contribution in [0.25, 0.3) is 0 Å². The van der Waals surface area contributed by atoms with Gasteiger partial charge in [0.15, 0.2) is 0 Å². The van der Waals surface area contributed by atoms with Crippen LogP contribution in [0.2, 0.25) is 0 Å². The third-order valence-electron chi connectivity index (χ3n) is 7.78. The number of amides is 1. The highest BCUT2D eigenvalue weighted by molar-refractivity contribution is 5.68. The molecule has 2 heterocycles. The summed E-state index contributed by atoms with van der Waals surface area (Å²) in [4.78, 5) is 18.6. The van der Waals surface area contributed by atoms with E-state index in [1.807, 2.05) is 20.8 Å². The van der Waals surface area contributed by atoms with Gasteiger partial charge in [0.25, 0.3) is 0 Å². The number of hydroxylamine groups is 2. The summed E-state index contributed by atoms with van der Waals surface area (Å²) in [5.41, 5.74) is -0.354. The second kappa shape index (κ2) is 5.16. The fourth-order valence-electron chi connectivity index (χ4n) is 7.40. The van der Waals surface area contributed by atoms with Crippen molar-refractivity contribution in [2.45, 2.75) is 101 Å². The molecule has 0 radical (unpaired) electrons. The van der Waals surface area contributed by atoms with E-state index in [1.165, 1.54) is 43.6 Å². The van der Waals surface area contributed by atoms with Crippen LogP contribution < -0.4 is 0 Å². The molecule has 27 heavy (non-hydrogen) atoms. The molecule has 0 unspecified atom stereocenters. The van der Waals surface area contributed by atoms with Crippen LogP contribution in [0.4, 0.5) is 4.79 Å². The minimum Gasteiger partial charge on any atom is -0.442 e. The molecule has 6 fully saturated rings. The summed E-state index contributed by atoms with van der Waals surface area (Å²) in [6, 6.07) is 0.229. The van der Waals surface area contributed by atoms with Gasteiger partial charge in [-0.3, -0.25) is 9.85 Å². The Hall–Kier alpha value is -1.37. The minimum atomic E-state index is -0.522. The molecule has 7 aliphatic rings. The van der Waals surface area contributed by atoms with E-state index in [2.05, 4.69) is 10.1 Å². The van der Waals surface area contributed by atoms with Gasteiger partial charge in [-0.05, 0) is 77.0 Å². The molecule has 0 aromatic heterocycles. The molecule has 6 bridgehead atoms. The largest absolute Gasteiger partial charge is 0.442 e. The molecule has 0 N–H and O–H groups in total. The summed E-state index contributed by atoms with van der Waals surface area (Å²) in [6.45, 7) is 5.68. The topological polar surface area (TPSA) is 66.7 Å². The SMILES string of the molecule is CC(C)(C)OC(=O)N1O[C@H]2C[C@@H]1[C@@H]1[C@@H]2N=NN1C12CC3CC(CC(C3)C1)C2. The molecule has 7 rings (SSSR count). The summed E-state index contributed by atoms with van der Waals surface area (Å²) in [5, 5.41) is 13.2. The fraction of sp³-hybridized carbons (Fsp3) is 0.950. The average Bonchev–Trinajstić information content (AvgIpc) is 3.24. The van der Waals surface area contributed by atoms with Crippen LogP contribution in [-0.4, -0.2) is 51.5 Å².